The van der Waals surface area contributed by atoms with Crippen molar-refractivity contribution in [1.29, 1.82) is 0 Å². The van der Waals surface area contributed by atoms with Crippen molar-refractivity contribution in [3.8, 4) is 0 Å². The number of aliphatic carboxylic acids is 2. The molecule has 14 heteroatoms. The molecule has 7 nitrogen and oxygen atoms in total. The molecule has 2 aliphatic heterocycles. The van der Waals surface area contributed by atoms with E-state index in [0.29, 0.717) is 11.6 Å². The number of nitrogens with zero attached hydrogens (tertiary/aromatic N) is 2. The minimum atomic E-state index is -5.08. The molecule has 0 amide bonds. The fourth-order valence-corrected chi connectivity index (χ4v) is 5.03. The summed E-state index contributed by atoms with van der Waals surface area (Å²) in [6, 6.07) is 5.16. The number of carboxylic acid groups (broad SMARTS) is 2. The highest BCUT2D eigenvalue weighted by atomic mass is 32.1. The van der Waals surface area contributed by atoms with Crippen molar-refractivity contribution < 1.29 is 50.9 Å². The van der Waals surface area contributed by atoms with Crippen molar-refractivity contribution in [2.75, 3.05) is 33.9 Å². The Bertz CT molecular complexity index is 798. The van der Waals surface area contributed by atoms with E-state index in [0.717, 1.165) is 13.2 Å². The van der Waals surface area contributed by atoms with Gasteiger partial charge in [-0.2, -0.15) is 26.3 Å². The van der Waals surface area contributed by atoms with Gasteiger partial charge in [0.25, 0.3) is 0 Å². The van der Waals surface area contributed by atoms with Crippen LogP contribution in [0.1, 0.15) is 35.4 Å². The van der Waals surface area contributed by atoms with Gasteiger partial charge in [0.1, 0.15) is 0 Å². The molecule has 0 saturated carbocycles. The lowest BCUT2D eigenvalue weighted by atomic mass is 9.85. The average molecular weight is 537 g/mol. The SMILES string of the molecule is COCC1CCC2(CCN(Cc3ccc(C)s3)CC2)N1C.O=C(O)C(F)(F)F.O=C(O)C(F)(F)F. The van der Waals surface area contributed by atoms with Crippen molar-refractivity contribution in [3.63, 3.8) is 0 Å². The number of hydrogen-bond donors (Lipinski definition) is 2. The van der Waals surface area contributed by atoms with Gasteiger partial charge in [-0.25, -0.2) is 9.59 Å². The van der Waals surface area contributed by atoms with Gasteiger partial charge in [-0.3, -0.25) is 9.80 Å². The number of carboxylic acids is 2. The van der Waals surface area contributed by atoms with E-state index in [1.165, 1.54) is 48.5 Å². The summed E-state index contributed by atoms with van der Waals surface area (Å²) in [6.45, 7) is 6.70. The molecule has 2 N–H and O–H groups in total. The third-order valence-corrected chi connectivity index (χ3v) is 7.03. The first-order chi connectivity index (χ1) is 16.0. The summed E-state index contributed by atoms with van der Waals surface area (Å²) >= 11 is 1.94. The third-order valence-electron chi connectivity index (χ3n) is 6.05. The van der Waals surface area contributed by atoms with Crippen molar-refractivity contribution >= 4 is 23.3 Å². The molecule has 1 unspecified atom stereocenters. The first kappa shape index (κ1) is 31.1. The monoisotopic (exact) mass is 536 g/mol. The maximum atomic E-state index is 10.6. The van der Waals surface area contributed by atoms with E-state index in [1.54, 1.807) is 0 Å². The van der Waals surface area contributed by atoms with Gasteiger partial charge < -0.3 is 14.9 Å². The smallest absolute Gasteiger partial charge is 0.475 e. The van der Waals surface area contributed by atoms with Crippen LogP contribution in [0.15, 0.2) is 12.1 Å². The summed E-state index contributed by atoms with van der Waals surface area (Å²) in [7, 11) is 4.14. The average Bonchev–Trinajstić information content (AvgIpc) is 3.28. The highest BCUT2D eigenvalue weighted by molar-refractivity contribution is 7.11. The van der Waals surface area contributed by atoms with Crippen molar-refractivity contribution in [1.82, 2.24) is 9.80 Å². The summed E-state index contributed by atoms with van der Waals surface area (Å²) < 4.78 is 68.9. The summed E-state index contributed by atoms with van der Waals surface area (Å²) in [5.74, 6) is -5.51. The van der Waals surface area contributed by atoms with Gasteiger partial charge in [0.05, 0.1) is 6.61 Å². The van der Waals surface area contributed by atoms with Crippen LogP contribution in [0.2, 0.25) is 0 Å². The maximum Gasteiger partial charge on any atom is 0.490 e. The van der Waals surface area contributed by atoms with Crippen LogP contribution in [-0.2, 0) is 20.9 Å². The molecule has 202 valence electrons. The maximum absolute atomic E-state index is 10.6. The topological polar surface area (TPSA) is 90.3 Å². The number of likely N-dealkylation sites (N-methyl/N-ethyl adjacent to an activating group) is 1. The highest BCUT2D eigenvalue weighted by Crippen LogP contribution is 2.40. The van der Waals surface area contributed by atoms with Crippen LogP contribution < -0.4 is 0 Å². The molecule has 2 fully saturated rings. The highest BCUT2D eigenvalue weighted by Gasteiger charge is 2.45. The van der Waals surface area contributed by atoms with Gasteiger partial charge >= 0.3 is 24.3 Å². The number of rotatable bonds is 4. The van der Waals surface area contributed by atoms with E-state index in [2.05, 4.69) is 35.9 Å². The minimum Gasteiger partial charge on any atom is -0.475 e. The Hall–Kier alpha value is -1.90. The quantitative estimate of drug-likeness (QED) is 0.552. The van der Waals surface area contributed by atoms with Gasteiger partial charge in [0, 0.05) is 48.1 Å². The Morgan fingerprint density at radius 1 is 1.06 bits per heavy atom. The second-order valence-electron chi connectivity index (χ2n) is 8.38. The molecule has 1 atom stereocenters. The Kier molecular flexibility index (Phi) is 11.5. The molecule has 1 spiro atoms. The van der Waals surface area contributed by atoms with Crippen LogP contribution >= 0.6 is 11.3 Å². The van der Waals surface area contributed by atoms with Gasteiger partial charge in [-0.1, -0.05) is 0 Å². The number of alkyl halides is 6. The fraction of sp³-hybridized carbons (Fsp3) is 0.714. The number of hydrogen-bond acceptors (Lipinski definition) is 6. The molecule has 35 heavy (non-hydrogen) atoms. The molecular formula is C21H30F6N2O5S. The van der Waals surface area contributed by atoms with Crippen molar-refractivity contribution in [3.05, 3.63) is 21.9 Å². The molecule has 0 radical (unpaired) electrons. The van der Waals surface area contributed by atoms with E-state index < -0.39 is 24.3 Å². The molecule has 1 aromatic rings. The largest absolute Gasteiger partial charge is 0.490 e. The van der Waals surface area contributed by atoms with E-state index in [4.69, 9.17) is 24.5 Å². The standard InChI is InChI=1S/C17H28N2OS.2C2HF3O2/c1-14-4-5-16(21-14)12-19-10-8-17(9-11-19)7-6-15(13-20-3)18(17)2;2*3-2(4,5)1(6)7/h4-5,15H,6-13H2,1-3H3;2*(H,6,7). The van der Waals surface area contributed by atoms with Crippen LogP contribution in [-0.4, -0.2) is 89.7 Å². The van der Waals surface area contributed by atoms with Crippen LogP contribution in [0.25, 0.3) is 0 Å². The van der Waals surface area contributed by atoms with Crippen LogP contribution in [0.4, 0.5) is 26.3 Å². The Morgan fingerprint density at radius 3 is 1.91 bits per heavy atom. The second kappa shape index (κ2) is 12.9. The second-order valence-corrected chi connectivity index (χ2v) is 9.75. The predicted molar refractivity (Wildman–Crippen MR) is 116 cm³/mol. The number of thiophene rings is 1. The van der Waals surface area contributed by atoms with Gasteiger partial charge in [-0.05, 0) is 51.8 Å². The van der Waals surface area contributed by atoms with E-state index in [9.17, 15) is 26.3 Å². The van der Waals surface area contributed by atoms with Crippen LogP contribution in [0, 0.1) is 6.92 Å². The molecule has 2 saturated heterocycles. The van der Waals surface area contributed by atoms with E-state index in [1.807, 2.05) is 18.4 Å². The van der Waals surface area contributed by atoms with Crippen LogP contribution in [0.5, 0.6) is 0 Å². The first-order valence-electron chi connectivity index (χ1n) is 10.6. The van der Waals surface area contributed by atoms with Gasteiger partial charge in [0.15, 0.2) is 0 Å². The molecule has 3 heterocycles. The fourth-order valence-electron chi connectivity index (χ4n) is 4.10. The molecule has 0 aromatic carbocycles. The lowest BCUT2D eigenvalue weighted by Crippen LogP contribution is -2.52. The zero-order valence-electron chi connectivity index (χ0n) is 19.6. The number of halogens is 6. The summed E-state index contributed by atoms with van der Waals surface area (Å²) in [5.41, 5.74) is 0.449. The Morgan fingerprint density at radius 2 is 1.54 bits per heavy atom. The zero-order valence-corrected chi connectivity index (χ0v) is 20.4. The Labute approximate surface area is 203 Å². The third kappa shape index (κ3) is 9.94. The minimum absolute atomic E-state index is 0.449. The molecule has 0 bridgehead atoms. The first-order valence-corrected chi connectivity index (χ1v) is 11.4. The van der Waals surface area contributed by atoms with Gasteiger partial charge in [-0.15, -0.1) is 11.3 Å². The molecule has 1 aromatic heterocycles. The molecule has 2 aliphatic rings. The Balaban J connectivity index is 0.000000362. The predicted octanol–water partition coefficient (Wildman–Crippen LogP) is 4.40. The molecular weight excluding hydrogens is 506 g/mol. The number of ether oxygens (including phenoxy) is 1. The summed E-state index contributed by atoms with van der Waals surface area (Å²) in [4.78, 5) is 26.0. The zero-order chi connectivity index (χ0) is 27.0. The van der Waals surface area contributed by atoms with Gasteiger partial charge in [0.2, 0.25) is 0 Å². The number of aryl methyl sites for hydroxylation is 1. The number of likely N-dealkylation sites (tertiary alicyclic amines) is 2. The van der Waals surface area contributed by atoms with Crippen LogP contribution in [0.3, 0.4) is 0 Å². The molecule has 3 rings (SSSR count). The lowest BCUT2D eigenvalue weighted by Gasteiger charge is -2.45. The summed E-state index contributed by atoms with van der Waals surface area (Å²) in [6.07, 6.45) is -4.89. The normalized spacial score (nSPS) is 20.5. The number of methoxy groups -OCH3 is 1. The molecule has 0 aliphatic carbocycles. The summed E-state index contributed by atoms with van der Waals surface area (Å²) in [5, 5.41) is 14.2. The van der Waals surface area contributed by atoms with E-state index >= 15 is 0 Å². The number of carbonyl (C=O) groups is 2. The number of piperidine rings is 1. The van der Waals surface area contributed by atoms with Crippen molar-refractivity contribution in [2.45, 2.75) is 63.1 Å². The lowest BCUT2D eigenvalue weighted by molar-refractivity contribution is -0.193. The van der Waals surface area contributed by atoms with E-state index in [-0.39, 0.29) is 0 Å². The van der Waals surface area contributed by atoms with Crippen molar-refractivity contribution in [2.24, 2.45) is 0 Å².